The van der Waals surface area contributed by atoms with Gasteiger partial charge in [-0.25, -0.2) is 4.79 Å². The van der Waals surface area contributed by atoms with Crippen molar-refractivity contribution in [1.29, 1.82) is 0 Å². The van der Waals surface area contributed by atoms with Crippen molar-refractivity contribution in [2.75, 3.05) is 7.11 Å². The fourth-order valence-electron chi connectivity index (χ4n) is 2.76. The molecule has 0 aromatic heterocycles. The highest BCUT2D eigenvalue weighted by Gasteiger charge is 2.36. The molecule has 0 N–H and O–H groups in total. The third-order valence-corrected chi connectivity index (χ3v) is 3.82. The number of carbonyl (C=O) groups excluding carboxylic acids is 2. The second kappa shape index (κ2) is 6.48. The van der Waals surface area contributed by atoms with Gasteiger partial charge >= 0.3 is 11.9 Å². The molecule has 0 aliphatic carbocycles. The lowest BCUT2D eigenvalue weighted by Gasteiger charge is -2.26. The van der Waals surface area contributed by atoms with Crippen LogP contribution >= 0.6 is 0 Å². The number of methoxy groups -OCH3 is 1. The second-order valence-electron chi connectivity index (χ2n) is 5.24. The summed E-state index contributed by atoms with van der Waals surface area (Å²) in [7, 11) is 1.33. The minimum Gasteiger partial charge on any atom is -0.466 e. The van der Waals surface area contributed by atoms with E-state index in [9.17, 15) is 9.59 Å². The van der Waals surface area contributed by atoms with Gasteiger partial charge in [-0.3, -0.25) is 4.79 Å². The van der Waals surface area contributed by atoms with E-state index in [2.05, 4.69) is 0 Å². The molecule has 3 rings (SSSR count). The molecule has 2 aromatic rings. The van der Waals surface area contributed by atoms with Gasteiger partial charge in [-0.05, 0) is 5.56 Å². The molecule has 4 nitrogen and oxygen atoms in total. The van der Waals surface area contributed by atoms with Crippen LogP contribution in [-0.4, -0.2) is 19.0 Å². The molecular weight excluding hydrogens is 292 g/mol. The van der Waals surface area contributed by atoms with E-state index < -0.39 is 5.97 Å². The topological polar surface area (TPSA) is 52.6 Å². The van der Waals surface area contributed by atoms with E-state index in [0.29, 0.717) is 11.1 Å². The van der Waals surface area contributed by atoms with Crippen LogP contribution in [0.25, 0.3) is 5.76 Å². The molecule has 0 fully saturated rings. The van der Waals surface area contributed by atoms with Gasteiger partial charge in [0.2, 0.25) is 0 Å². The Morgan fingerprint density at radius 3 is 2.26 bits per heavy atom. The summed E-state index contributed by atoms with van der Waals surface area (Å²) in [6, 6.07) is 18.6. The fraction of sp³-hybridized carbons (Fsp3) is 0.158. The van der Waals surface area contributed by atoms with E-state index in [-0.39, 0.29) is 24.1 Å². The quantitative estimate of drug-likeness (QED) is 0.816. The first-order chi connectivity index (χ1) is 11.2. The van der Waals surface area contributed by atoms with E-state index >= 15 is 0 Å². The Balaban J connectivity index is 2.19. The number of hydrogen-bond donors (Lipinski definition) is 0. The van der Waals surface area contributed by atoms with E-state index in [1.807, 2.05) is 48.5 Å². The molecule has 0 radical (unpaired) electrons. The van der Waals surface area contributed by atoms with Gasteiger partial charge in [-0.15, -0.1) is 0 Å². The fourth-order valence-corrected chi connectivity index (χ4v) is 2.76. The summed E-state index contributed by atoms with van der Waals surface area (Å²) in [6.07, 6.45) is 0.116. The molecule has 1 aliphatic heterocycles. The van der Waals surface area contributed by atoms with Crippen LogP contribution in [0.1, 0.15) is 23.5 Å². The van der Waals surface area contributed by atoms with Gasteiger partial charge in [-0.1, -0.05) is 60.7 Å². The van der Waals surface area contributed by atoms with Crippen LogP contribution < -0.4 is 0 Å². The van der Waals surface area contributed by atoms with Crippen molar-refractivity contribution >= 4 is 17.7 Å². The van der Waals surface area contributed by atoms with Crippen molar-refractivity contribution in [3.05, 3.63) is 77.4 Å². The number of hydrogen-bond acceptors (Lipinski definition) is 4. The highest BCUT2D eigenvalue weighted by atomic mass is 16.5. The lowest BCUT2D eigenvalue weighted by Crippen LogP contribution is -2.25. The van der Waals surface area contributed by atoms with Crippen LogP contribution in [0.3, 0.4) is 0 Å². The van der Waals surface area contributed by atoms with E-state index in [0.717, 1.165) is 5.56 Å². The van der Waals surface area contributed by atoms with Crippen LogP contribution in [0.5, 0.6) is 0 Å². The Labute approximate surface area is 134 Å². The zero-order chi connectivity index (χ0) is 16.2. The molecule has 0 amide bonds. The van der Waals surface area contributed by atoms with Gasteiger partial charge in [0.05, 0.1) is 19.1 Å². The lowest BCUT2D eigenvalue weighted by atomic mass is 9.84. The Morgan fingerprint density at radius 2 is 1.65 bits per heavy atom. The molecule has 1 heterocycles. The first-order valence-electron chi connectivity index (χ1n) is 7.34. The number of ether oxygens (including phenoxy) is 2. The van der Waals surface area contributed by atoms with Crippen LogP contribution in [0, 0.1) is 0 Å². The van der Waals surface area contributed by atoms with Crippen molar-refractivity contribution in [2.24, 2.45) is 0 Å². The minimum absolute atomic E-state index is 0.116. The van der Waals surface area contributed by atoms with E-state index in [4.69, 9.17) is 9.47 Å². The predicted molar refractivity (Wildman–Crippen MR) is 85.3 cm³/mol. The van der Waals surface area contributed by atoms with Gasteiger partial charge in [0.25, 0.3) is 0 Å². The summed E-state index contributed by atoms with van der Waals surface area (Å²) in [5.74, 6) is -0.932. The van der Waals surface area contributed by atoms with Crippen LogP contribution in [0.4, 0.5) is 0 Å². The Kier molecular flexibility index (Phi) is 4.24. The van der Waals surface area contributed by atoms with Crippen molar-refractivity contribution < 1.29 is 19.1 Å². The third-order valence-electron chi connectivity index (χ3n) is 3.82. The Hall–Kier alpha value is -2.88. The smallest absolute Gasteiger partial charge is 0.338 e. The zero-order valence-electron chi connectivity index (χ0n) is 12.7. The van der Waals surface area contributed by atoms with Crippen LogP contribution in [-0.2, 0) is 19.1 Å². The molecule has 0 bridgehead atoms. The molecule has 1 atom stereocenters. The SMILES string of the molecule is COC(=O)C1=C(c2ccccc2)OC(=O)C[C@@H]1c1ccccc1. The molecule has 2 aromatic carbocycles. The maximum absolute atomic E-state index is 12.4. The van der Waals surface area contributed by atoms with E-state index in [1.165, 1.54) is 7.11 Å². The van der Waals surface area contributed by atoms with Crippen molar-refractivity contribution in [3.63, 3.8) is 0 Å². The van der Waals surface area contributed by atoms with Crippen LogP contribution in [0.2, 0.25) is 0 Å². The van der Waals surface area contributed by atoms with Crippen molar-refractivity contribution in [3.8, 4) is 0 Å². The number of cyclic esters (lactones) is 1. The van der Waals surface area contributed by atoms with Gasteiger partial charge in [0.15, 0.2) is 0 Å². The lowest BCUT2D eigenvalue weighted by molar-refractivity contribution is -0.140. The van der Waals surface area contributed by atoms with Crippen molar-refractivity contribution in [1.82, 2.24) is 0 Å². The summed E-state index contributed by atoms with van der Waals surface area (Å²) in [4.78, 5) is 24.4. The maximum atomic E-state index is 12.4. The average Bonchev–Trinajstić information content (AvgIpc) is 2.62. The normalized spacial score (nSPS) is 17.6. The summed E-state index contributed by atoms with van der Waals surface area (Å²) in [6.45, 7) is 0. The number of esters is 2. The first kappa shape index (κ1) is 15.0. The van der Waals surface area contributed by atoms with Crippen LogP contribution in [0.15, 0.2) is 66.2 Å². The summed E-state index contributed by atoms with van der Waals surface area (Å²) < 4.78 is 10.3. The maximum Gasteiger partial charge on any atom is 0.338 e. The monoisotopic (exact) mass is 308 g/mol. The predicted octanol–water partition coefficient (Wildman–Crippen LogP) is 3.30. The summed E-state index contributed by atoms with van der Waals surface area (Å²) in [5, 5.41) is 0. The zero-order valence-corrected chi connectivity index (χ0v) is 12.7. The molecule has 4 heteroatoms. The molecule has 1 aliphatic rings. The molecule has 0 unspecified atom stereocenters. The summed E-state index contributed by atoms with van der Waals surface area (Å²) >= 11 is 0. The standard InChI is InChI=1S/C19H16O4/c1-22-19(21)17-15(13-8-4-2-5-9-13)12-16(20)23-18(17)14-10-6-3-7-11-14/h2-11,15H,12H2,1H3/t15-/m1/s1. The molecule has 116 valence electrons. The second-order valence-corrected chi connectivity index (χ2v) is 5.24. The number of carbonyl (C=O) groups is 2. The van der Waals surface area contributed by atoms with Gasteiger partial charge in [-0.2, -0.15) is 0 Å². The number of benzene rings is 2. The average molecular weight is 308 g/mol. The highest BCUT2D eigenvalue weighted by molar-refractivity contribution is 6.02. The molecule has 0 spiro atoms. The Morgan fingerprint density at radius 1 is 1.04 bits per heavy atom. The number of rotatable bonds is 3. The molecule has 0 saturated heterocycles. The Bertz CT molecular complexity index is 747. The third kappa shape index (κ3) is 3.01. The largest absolute Gasteiger partial charge is 0.466 e. The minimum atomic E-state index is -0.481. The van der Waals surface area contributed by atoms with Gasteiger partial charge in [0, 0.05) is 11.5 Å². The molecule has 0 saturated carbocycles. The molecular formula is C19H16O4. The summed E-state index contributed by atoms with van der Waals surface area (Å²) in [5.41, 5.74) is 1.95. The van der Waals surface area contributed by atoms with Gasteiger partial charge in [0.1, 0.15) is 5.76 Å². The highest BCUT2D eigenvalue weighted by Crippen LogP contribution is 2.39. The van der Waals surface area contributed by atoms with Crippen molar-refractivity contribution in [2.45, 2.75) is 12.3 Å². The first-order valence-corrected chi connectivity index (χ1v) is 7.34. The molecule has 23 heavy (non-hydrogen) atoms. The van der Waals surface area contributed by atoms with E-state index in [1.54, 1.807) is 12.1 Å². The van der Waals surface area contributed by atoms with Gasteiger partial charge < -0.3 is 9.47 Å².